The first-order valence-electron chi connectivity index (χ1n) is 9.80. The Hall–Kier alpha value is -2.08. The van der Waals surface area contributed by atoms with Crippen molar-refractivity contribution < 1.29 is 19.1 Å². The fraction of sp³-hybridized carbons (Fsp3) is 0.619. The number of benzene rings is 1. The van der Waals surface area contributed by atoms with Crippen molar-refractivity contribution in [1.29, 1.82) is 0 Å². The standard InChI is InChI=1S/C21H30N2O4/c1-17-6-3-7-18(14-17)27-15-19(24)23-12-9-21(16-23)8-4-10-22(20(21)25)11-5-13-26-2/h3,6-7,14H,4-5,8-13,15-16H2,1-2H3/t21-/m1/s1. The Morgan fingerprint density at radius 3 is 2.89 bits per heavy atom. The number of carbonyl (C=O) groups excluding carboxylic acids is 2. The third-order valence-corrected chi connectivity index (χ3v) is 5.66. The first-order chi connectivity index (χ1) is 13.0. The molecule has 2 amide bonds. The second kappa shape index (κ2) is 8.74. The Morgan fingerprint density at radius 2 is 2.11 bits per heavy atom. The minimum atomic E-state index is -0.398. The lowest BCUT2D eigenvalue weighted by atomic mass is 9.78. The predicted octanol–water partition coefficient (Wildman–Crippen LogP) is 2.25. The number of ether oxygens (including phenoxy) is 2. The molecule has 6 heteroatoms. The highest BCUT2D eigenvalue weighted by Gasteiger charge is 2.49. The molecule has 1 atom stereocenters. The Labute approximate surface area is 161 Å². The van der Waals surface area contributed by atoms with Crippen molar-refractivity contribution in [2.75, 3.05) is 46.5 Å². The van der Waals surface area contributed by atoms with Gasteiger partial charge in [0.25, 0.3) is 5.91 Å². The van der Waals surface area contributed by atoms with Crippen LogP contribution in [0, 0.1) is 12.3 Å². The van der Waals surface area contributed by atoms with E-state index in [1.165, 1.54) is 0 Å². The zero-order valence-electron chi connectivity index (χ0n) is 16.4. The van der Waals surface area contributed by atoms with Gasteiger partial charge in [0, 0.05) is 39.9 Å². The highest BCUT2D eigenvalue weighted by atomic mass is 16.5. The Morgan fingerprint density at radius 1 is 1.26 bits per heavy atom. The number of piperidine rings is 1. The second-order valence-electron chi connectivity index (χ2n) is 7.69. The summed E-state index contributed by atoms with van der Waals surface area (Å²) in [6.07, 6.45) is 3.48. The number of methoxy groups -OCH3 is 1. The highest BCUT2D eigenvalue weighted by molar-refractivity contribution is 5.86. The Kier molecular flexibility index (Phi) is 6.37. The van der Waals surface area contributed by atoms with E-state index in [0.29, 0.717) is 25.4 Å². The van der Waals surface area contributed by atoms with Crippen molar-refractivity contribution >= 4 is 11.8 Å². The van der Waals surface area contributed by atoms with Crippen molar-refractivity contribution in [3.05, 3.63) is 29.8 Å². The van der Waals surface area contributed by atoms with Gasteiger partial charge >= 0.3 is 0 Å². The van der Waals surface area contributed by atoms with Crippen LogP contribution in [0.2, 0.25) is 0 Å². The molecule has 0 saturated carbocycles. The van der Waals surface area contributed by atoms with Crippen LogP contribution < -0.4 is 4.74 Å². The molecular weight excluding hydrogens is 344 g/mol. The van der Waals surface area contributed by atoms with Crippen molar-refractivity contribution in [1.82, 2.24) is 9.80 Å². The lowest BCUT2D eigenvalue weighted by molar-refractivity contribution is -0.146. The van der Waals surface area contributed by atoms with Crippen LogP contribution in [0.3, 0.4) is 0 Å². The molecule has 148 valence electrons. The van der Waals surface area contributed by atoms with Crippen molar-refractivity contribution in [2.24, 2.45) is 5.41 Å². The van der Waals surface area contributed by atoms with E-state index >= 15 is 0 Å². The predicted molar refractivity (Wildman–Crippen MR) is 103 cm³/mol. The number of carbonyl (C=O) groups is 2. The zero-order chi connectivity index (χ0) is 19.3. The molecule has 27 heavy (non-hydrogen) atoms. The summed E-state index contributed by atoms with van der Waals surface area (Å²) in [6.45, 7) is 5.37. The number of likely N-dealkylation sites (tertiary alicyclic amines) is 2. The molecule has 2 aliphatic rings. The topological polar surface area (TPSA) is 59.1 Å². The number of aryl methyl sites for hydroxylation is 1. The van der Waals surface area contributed by atoms with Crippen molar-refractivity contribution in [2.45, 2.75) is 32.6 Å². The van der Waals surface area contributed by atoms with Gasteiger partial charge < -0.3 is 19.3 Å². The lowest BCUT2D eigenvalue weighted by Crippen LogP contribution is -2.50. The Bertz CT molecular complexity index is 678. The third-order valence-electron chi connectivity index (χ3n) is 5.66. The molecule has 0 aliphatic carbocycles. The lowest BCUT2D eigenvalue weighted by Gasteiger charge is -2.39. The molecule has 0 radical (unpaired) electrons. The number of nitrogens with zero attached hydrogens (tertiary/aromatic N) is 2. The molecule has 3 rings (SSSR count). The molecule has 1 aromatic rings. The molecule has 0 N–H and O–H groups in total. The average Bonchev–Trinajstić information content (AvgIpc) is 3.09. The molecule has 2 saturated heterocycles. The monoisotopic (exact) mass is 374 g/mol. The van der Waals surface area contributed by atoms with E-state index in [1.54, 1.807) is 12.0 Å². The maximum Gasteiger partial charge on any atom is 0.260 e. The van der Waals surface area contributed by atoms with Gasteiger partial charge in [-0.05, 0) is 50.3 Å². The van der Waals surface area contributed by atoms with Gasteiger partial charge in [0.05, 0.1) is 5.41 Å². The van der Waals surface area contributed by atoms with Crippen LogP contribution in [0.1, 0.15) is 31.2 Å². The van der Waals surface area contributed by atoms with Crippen LogP contribution in [0.5, 0.6) is 5.75 Å². The van der Waals surface area contributed by atoms with Crippen LogP contribution in [-0.4, -0.2) is 68.1 Å². The van der Waals surface area contributed by atoms with Crippen molar-refractivity contribution in [3.63, 3.8) is 0 Å². The quantitative estimate of drug-likeness (QED) is 0.687. The first-order valence-corrected chi connectivity index (χ1v) is 9.80. The van der Waals surface area contributed by atoms with E-state index in [2.05, 4.69) is 0 Å². The zero-order valence-corrected chi connectivity index (χ0v) is 16.4. The molecule has 1 spiro atoms. The summed E-state index contributed by atoms with van der Waals surface area (Å²) in [5.41, 5.74) is 0.700. The summed E-state index contributed by atoms with van der Waals surface area (Å²) in [4.78, 5) is 29.4. The summed E-state index contributed by atoms with van der Waals surface area (Å²) in [5, 5.41) is 0. The largest absolute Gasteiger partial charge is 0.484 e. The molecule has 6 nitrogen and oxygen atoms in total. The van der Waals surface area contributed by atoms with Crippen LogP contribution >= 0.6 is 0 Å². The molecule has 2 fully saturated rings. The summed E-state index contributed by atoms with van der Waals surface area (Å²) < 4.78 is 10.7. The normalized spacial score (nSPS) is 22.5. The maximum atomic E-state index is 13.0. The van der Waals surface area contributed by atoms with E-state index in [-0.39, 0.29) is 18.4 Å². The summed E-state index contributed by atoms with van der Waals surface area (Å²) in [6, 6.07) is 7.68. The molecule has 1 aromatic carbocycles. The highest BCUT2D eigenvalue weighted by Crippen LogP contribution is 2.40. The first kappa shape index (κ1) is 19.7. The van der Waals surface area contributed by atoms with Gasteiger partial charge in [-0.25, -0.2) is 0 Å². The van der Waals surface area contributed by atoms with Gasteiger partial charge in [-0.2, -0.15) is 0 Å². The van der Waals surface area contributed by atoms with Gasteiger partial charge in [0.1, 0.15) is 5.75 Å². The maximum absolute atomic E-state index is 13.0. The number of amides is 2. The summed E-state index contributed by atoms with van der Waals surface area (Å²) >= 11 is 0. The van der Waals surface area contributed by atoms with Gasteiger partial charge in [0.2, 0.25) is 5.91 Å². The fourth-order valence-corrected chi connectivity index (χ4v) is 4.17. The van der Waals surface area contributed by atoms with Gasteiger partial charge in [-0.3, -0.25) is 9.59 Å². The van der Waals surface area contributed by atoms with Gasteiger partial charge in [-0.1, -0.05) is 12.1 Å². The molecule has 0 aromatic heterocycles. The smallest absolute Gasteiger partial charge is 0.260 e. The van der Waals surface area contributed by atoms with Crippen LogP contribution in [0.15, 0.2) is 24.3 Å². The number of hydrogen-bond donors (Lipinski definition) is 0. The SMILES string of the molecule is COCCCN1CCC[C@]2(CCN(C(=O)COc3cccc(C)c3)C2)C1=O. The summed E-state index contributed by atoms with van der Waals surface area (Å²) in [5.74, 6) is 0.868. The fourth-order valence-electron chi connectivity index (χ4n) is 4.17. The van der Waals surface area contributed by atoms with E-state index < -0.39 is 5.41 Å². The molecular formula is C21H30N2O4. The van der Waals surface area contributed by atoms with Gasteiger partial charge in [0.15, 0.2) is 6.61 Å². The minimum absolute atomic E-state index is 0.0191. The van der Waals surface area contributed by atoms with Crippen LogP contribution in [0.4, 0.5) is 0 Å². The van der Waals surface area contributed by atoms with E-state index in [1.807, 2.05) is 36.1 Å². The Balaban J connectivity index is 1.54. The van der Waals surface area contributed by atoms with E-state index in [0.717, 1.165) is 44.3 Å². The third kappa shape index (κ3) is 4.61. The number of hydrogen-bond acceptors (Lipinski definition) is 4. The van der Waals surface area contributed by atoms with Crippen LogP contribution in [-0.2, 0) is 14.3 Å². The second-order valence-corrected chi connectivity index (χ2v) is 7.69. The van der Waals surface area contributed by atoms with Crippen molar-refractivity contribution in [3.8, 4) is 5.75 Å². The van der Waals surface area contributed by atoms with E-state index in [9.17, 15) is 9.59 Å². The average molecular weight is 374 g/mol. The minimum Gasteiger partial charge on any atom is -0.484 e. The molecule has 0 bridgehead atoms. The van der Waals surface area contributed by atoms with E-state index in [4.69, 9.17) is 9.47 Å². The molecule has 0 unspecified atom stereocenters. The summed E-state index contributed by atoms with van der Waals surface area (Å²) in [7, 11) is 1.68. The van der Waals surface area contributed by atoms with Gasteiger partial charge in [-0.15, -0.1) is 0 Å². The van der Waals surface area contributed by atoms with Crippen LogP contribution in [0.25, 0.3) is 0 Å². The molecule has 2 heterocycles. The number of rotatable bonds is 7. The molecule has 2 aliphatic heterocycles.